The lowest BCUT2D eigenvalue weighted by molar-refractivity contribution is -0.145. The molecule has 1 atom stereocenters. The van der Waals surface area contributed by atoms with Crippen LogP contribution in [0.4, 0.5) is 13.2 Å². The normalized spacial score (nSPS) is 13.1. The summed E-state index contributed by atoms with van der Waals surface area (Å²) in [5, 5.41) is 9.15. The summed E-state index contributed by atoms with van der Waals surface area (Å²) in [7, 11) is -1.55. The summed E-state index contributed by atoms with van der Waals surface area (Å²) in [5.41, 5.74) is 0.219. The Hall–Kier alpha value is -1.96. The number of nitrogens with zero attached hydrogens (tertiary/aromatic N) is 2. The highest BCUT2D eigenvalue weighted by Gasteiger charge is 2.35. The summed E-state index contributed by atoms with van der Waals surface area (Å²) in [4.78, 5) is 7.14. The summed E-state index contributed by atoms with van der Waals surface area (Å²) >= 11 is 0. The number of rotatable bonds is 3. The van der Waals surface area contributed by atoms with Gasteiger partial charge in [-0.1, -0.05) is 0 Å². The van der Waals surface area contributed by atoms with Gasteiger partial charge in [-0.3, -0.25) is 4.21 Å². The average Bonchev–Trinajstić information content (AvgIpc) is 2.37. The van der Waals surface area contributed by atoms with Gasteiger partial charge in [0.15, 0.2) is 0 Å². The molecule has 0 radical (unpaired) electrons. The largest absolute Gasteiger partial charge is 0.508 e. The van der Waals surface area contributed by atoms with Crippen LogP contribution in [0.25, 0.3) is 0 Å². The van der Waals surface area contributed by atoms with Gasteiger partial charge in [-0.15, -0.1) is 0 Å². The van der Waals surface area contributed by atoms with Crippen molar-refractivity contribution in [2.45, 2.75) is 23.7 Å². The molecule has 2 aromatic rings. The lowest BCUT2D eigenvalue weighted by Crippen LogP contribution is -2.14. The fourth-order valence-electron chi connectivity index (χ4n) is 1.65. The Morgan fingerprint density at radius 3 is 2.38 bits per heavy atom. The molecule has 1 N–H and O–H groups in total. The standard InChI is InChI=1S/C13H11F3N2O2S/c1-8-6-9(18-12(17-8)13(14,15)16)7-21(20)11-4-2-10(19)3-5-11/h2-6,19H,7H2,1H3. The molecule has 1 aromatic heterocycles. The maximum absolute atomic E-state index is 12.6. The van der Waals surface area contributed by atoms with Crippen LogP contribution in [0.3, 0.4) is 0 Å². The molecule has 0 fully saturated rings. The van der Waals surface area contributed by atoms with Gasteiger partial charge in [-0.2, -0.15) is 13.2 Å². The third kappa shape index (κ3) is 4.01. The van der Waals surface area contributed by atoms with Crippen LogP contribution in [0.1, 0.15) is 17.2 Å². The second kappa shape index (κ2) is 5.80. The molecule has 2 rings (SSSR count). The van der Waals surface area contributed by atoms with Crippen molar-refractivity contribution in [3.8, 4) is 5.75 Å². The first-order valence-corrected chi connectivity index (χ1v) is 7.17. The summed E-state index contributed by atoms with van der Waals surface area (Å²) in [5.74, 6) is -1.37. The molecule has 1 aromatic carbocycles. The van der Waals surface area contributed by atoms with Gasteiger partial charge >= 0.3 is 6.18 Å². The smallest absolute Gasteiger partial charge is 0.451 e. The summed E-state index contributed by atoms with van der Waals surface area (Å²) < 4.78 is 50.0. The van der Waals surface area contributed by atoms with E-state index in [1.807, 2.05) is 0 Å². The highest BCUT2D eigenvalue weighted by Crippen LogP contribution is 2.26. The zero-order chi connectivity index (χ0) is 15.6. The van der Waals surface area contributed by atoms with E-state index in [-0.39, 0.29) is 22.9 Å². The summed E-state index contributed by atoms with van der Waals surface area (Å²) in [6, 6.07) is 6.99. The zero-order valence-corrected chi connectivity index (χ0v) is 11.7. The molecule has 0 amide bonds. The van der Waals surface area contributed by atoms with Crippen LogP contribution in [-0.4, -0.2) is 19.3 Å². The predicted octanol–water partition coefficient (Wildman–Crippen LogP) is 2.82. The van der Waals surface area contributed by atoms with Crippen LogP contribution in [-0.2, 0) is 22.7 Å². The average molecular weight is 316 g/mol. The minimum absolute atomic E-state index is 0.0213. The van der Waals surface area contributed by atoms with Crippen molar-refractivity contribution in [2.24, 2.45) is 0 Å². The quantitative estimate of drug-likeness (QED) is 0.946. The van der Waals surface area contributed by atoms with Crippen molar-refractivity contribution < 1.29 is 22.5 Å². The van der Waals surface area contributed by atoms with E-state index < -0.39 is 22.8 Å². The Balaban J connectivity index is 2.25. The van der Waals surface area contributed by atoms with Gasteiger partial charge in [0, 0.05) is 10.6 Å². The van der Waals surface area contributed by atoms with E-state index >= 15 is 0 Å². The highest BCUT2D eigenvalue weighted by atomic mass is 32.2. The summed E-state index contributed by atoms with van der Waals surface area (Å²) in [6.45, 7) is 1.42. The van der Waals surface area contributed by atoms with Crippen LogP contribution in [0, 0.1) is 6.92 Å². The van der Waals surface area contributed by atoms with Gasteiger partial charge < -0.3 is 5.11 Å². The number of phenols is 1. The highest BCUT2D eigenvalue weighted by molar-refractivity contribution is 7.84. The molecule has 21 heavy (non-hydrogen) atoms. The van der Waals surface area contributed by atoms with Gasteiger partial charge in [0.25, 0.3) is 0 Å². The first kappa shape index (κ1) is 15.4. The lowest BCUT2D eigenvalue weighted by Gasteiger charge is -2.08. The number of halogens is 3. The van der Waals surface area contributed by atoms with Crippen molar-refractivity contribution in [2.75, 3.05) is 0 Å². The molecular formula is C13H11F3N2O2S. The van der Waals surface area contributed by atoms with Crippen molar-refractivity contribution in [1.82, 2.24) is 9.97 Å². The van der Waals surface area contributed by atoms with Crippen LogP contribution in [0.5, 0.6) is 5.75 Å². The van der Waals surface area contributed by atoms with Crippen LogP contribution in [0.15, 0.2) is 35.2 Å². The number of alkyl halides is 3. The third-order valence-electron chi connectivity index (χ3n) is 2.54. The molecule has 0 saturated heterocycles. The predicted molar refractivity (Wildman–Crippen MR) is 70.0 cm³/mol. The minimum atomic E-state index is -4.64. The molecule has 4 nitrogen and oxygen atoms in total. The third-order valence-corrected chi connectivity index (χ3v) is 3.90. The Kier molecular flexibility index (Phi) is 4.26. The molecule has 8 heteroatoms. The fraction of sp³-hybridized carbons (Fsp3) is 0.231. The van der Waals surface area contributed by atoms with E-state index in [1.165, 1.54) is 37.3 Å². The SMILES string of the molecule is Cc1cc(CS(=O)c2ccc(O)cc2)nc(C(F)(F)F)n1. The number of benzene rings is 1. The zero-order valence-electron chi connectivity index (χ0n) is 10.9. The molecule has 0 aliphatic heterocycles. The maximum atomic E-state index is 12.6. The van der Waals surface area contributed by atoms with Gasteiger partial charge in [0.05, 0.1) is 22.2 Å². The van der Waals surface area contributed by atoms with Crippen molar-refractivity contribution >= 4 is 10.8 Å². The summed E-state index contributed by atoms with van der Waals surface area (Å²) in [6.07, 6.45) is -4.64. The van der Waals surface area contributed by atoms with Crippen molar-refractivity contribution in [1.29, 1.82) is 0 Å². The number of phenolic OH excluding ortho intramolecular Hbond substituents is 1. The maximum Gasteiger partial charge on any atom is 0.451 e. The van der Waals surface area contributed by atoms with Gasteiger partial charge in [0.1, 0.15) is 5.75 Å². The number of aryl methyl sites for hydroxylation is 1. The first-order chi connectivity index (χ1) is 9.75. The van der Waals surface area contributed by atoms with E-state index in [0.29, 0.717) is 4.90 Å². The van der Waals surface area contributed by atoms with Gasteiger partial charge in [0.2, 0.25) is 5.82 Å². The van der Waals surface area contributed by atoms with E-state index in [2.05, 4.69) is 9.97 Å². The Morgan fingerprint density at radius 2 is 1.81 bits per heavy atom. The Labute approximate surface area is 121 Å². The second-order valence-electron chi connectivity index (χ2n) is 4.31. The molecule has 0 aliphatic carbocycles. The Bertz CT molecular complexity index is 672. The lowest BCUT2D eigenvalue weighted by atomic mass is 10.3. The molecule has 1 unspecified atom stereocenters. The Morgan fingerprint density at radius 1 is 1.19 bits per heavy atom. The molecular weight excluding hydrogens is 305 g/mol. The fourth-order valence-corrected chi connectivity index (χ4v) is 2.67. The number of aromatic nitrogens is 2. The molecule has 0 saturated carbocycles. The van der Waals surface area contributed by atoms with E-state index in [0.717, 1.165) is 0 Å². The minimum Gasteiger partial charge on any atom is -0.508 e. The monoisotopic (exact) mass is 316 g/mol. The number of hydrogen-bond acceptors (Lipinski definition) is 4. The van der Waals surface area contributed by atoms with Gasteiger partial charge in [-0.05, 0) is 37.3 Å². The van der Waals surface area contributed by atoms with Crippen LogP contribution >= 0.6 is 0 Å². The molecule has 112 valence electrons. The second-order valence-corrected chi connectivity index (χ2v) is 5.76. The number of aromatic hydroxyl groups is 1. The van der Waals surface area contributed by atoms with E-state index in [1.54, 1.807) is 0 Å². The molecule has 0 bridgehead atoms. The molecule has 1 heterocycles. The van der Waals surface area contributed by atoms with E-state index in [4.69, 9.17) is 5.11 Å². The number of hydrogen-bond donors (Lipinski definition) is 1. The van der Waals surface area contributed by atoms with Crippen molar-refractivity contribution in [3.63, 3.8) is 0 Å². The van der Waals surface area contributed by atoms with Gasteiger partial charge in [-0.25, -0.2) is 9.97 Å². The van der Waals surface area contributed by atoms with Crippen LogP contribution < -0.4 is 0 Å². The van der Waals surface area contributed by atoms with Crippen molar-refractivity contribution in [3.05, 3.63) is 47.5 Å². The molecule has 0 aliphatic rings. The van der Waals surface area contributed by atoms with E-state index in [9.17, 15) is 17.4 Å². The first-order valence-electron chi connectivity index (χ1n) is 5.85. The topological polar surface area (TPSA) is 63.1 Å². The van der Waals surface area contributed by atoms with Crippen LogP contribution in [0.2, 0.25) is 0 Å². The molecule has 0 spiro atoms.